The Balaban J connectivity index is 1.63. The topological polar surface area (TPSA) is 84.0 Å². The fourth-order valence-corrected chi connectivity index (χ4v) is 2.90. The van der Waals surface area contributed by atoms with Gasteiger partial charge in [0.05, 0.1) is 11.4 Å². The van der Waals surface area contributed by atoms with E-state index < -0.39 is 0 Å². The van der Waals surface area contributed by atoms with Crippen molar-refractivity contribution in [3.05, 3.63) is 65.8 Å². The van der Waals surface area contributed by atoms with Crippen LogP contribution in [0.25, 0.3) is 17.3 Å². The number of pyridine rings is 1. The van der Waals surface area contributed by atoms with Crippen molar-refractivity contribution in [2.45, 2.75) is 6.92 Å². The molecule has 130 valence electrons. The maximum atomic E-state index is 12.0. The highest BCUT2D eigenvalue weighted by Crippen LogP contribution is 2.26. The highest BCUT2D eigenvalue weighted by atomic mass is 32.1. The molecule has 7 heteroatoms. The molecule has 26 heavy (non-hydrogen) atoms. The predicted molar refractivity (Wildman–Crippen MR) is 104 cm³/mol. The molecule has 6 nitrogen and oxygen atoms in total. The fourth-order valence-electron chi connectivity index (χ4n) is 2.17. The number of hydrogen-bond donors (Lipinski definition) is 2. The van der Waals surface area contributed by atoms with Crippen LogP contribution in [-0.4, -0.2) is 21.8 Å². The van der Waals surface area contributed by atoms with Crippen LogP contribution in [0.15, 0.2) is 60.1 Å². The minimum Gasteiger partial charge on any atom is -0.326 e. The van der Waals surface area contributed by atoms with Crippen molar-refractivity contribution >= 4 is 40.0 Å². The predicted octanol–water partition coefficient (Wildman–Crippen LogP) is 3.82. The Morgan fingerprint density at radius 2 is 1.88 bits per heavy atom. The van der Waals surface area contributed by atoms with E-state index in [0.29, 0.717) is 10.8 Å². The fraction of sp³-hybridized carbons (Fsp3) is 0.0526. The first-order chi connectivity index (χ1) is 12.6. The van der Waals surface area contributed by atoms with Gasteiger partial charge in [-0.05, 0) is 30.3 Å². The third-order valence-corrected chi connectivity index (χ3v) is 4.09. The summed E-state index contributed by atoms with van der Waals surface area (Å²) in [5, 5.41) is 7.83. The number of amides is 2. The average molecular weight is 364 g/mol. The lowest BCUT2D eigenvalue weighted by Crippen LogP contribution is -2.07. The van der Waals surface area contributed by atoms with E-state index >= 15 is 0 Å². The molecule has 0 fully saturated rings. The number of carbonyl (C=O) groups is 2. The number of carbonyl (C=O) groups excluding carboxylic acids is 2. The Hall–Kier alpha value is -3.32. The second-order valence-electron chi connectivity index (χ2n) is 5.37. The van der Waals surface area contributed by atoms with Gasteiger partial charge in [-0.1, -0.05) is 18.2 Å². The highest BCUT2D eigenvalue weighted by Gasteiger charge is 2.07. The van der Waals surface area contributed by atoms with Crippen LogP contribution in [0.3, 0.4) is 0 Å². The molecule has 0 atom stereocenters. The number of nitrogens with one attached hydrogen (secondary N) is 2. The van der Waals surface area contributed by atoms with Gasteiger partial charge in [-0.25, -0.2) is 4.98 Å². The van der Waals surface area contributed by atoms with Crippen molar-refractivity contribution in [3.63, 3.8) is 0 Å². The molecule has 0 spiro atoms. The largest absolute Gasteiger partial charge is 0.326 e. The highest BCUT2D eigenvalue weighted by molar-refractivity contribution is 7.14. The molecule has 2 amide bonds. The van der Waals surface area contributed by atoms with Gasteiger partial charge in [0.15, 0.2) is 5.13 Å². The molecule has 2 heterocycles. The zero-order valence-corrected chi connectivity index (χ0v) is 14.8. The molecule has 0 unspecified atom stereocenters. The molecule has 0 aliphatic carbocycles. The van der Waals surface area contributed by atoms with E-state index in [4.69, 9.17) is 0 Å². The van der Waals surface area contributed by atoms with E-state index in [-0.39, 0.29) is 11.8 Å². The number of aromatic nitrogens is 2. The second-order valence-corrected chi connectivity index (χ2v) is 6.23. The molecular formula is C19H16N4O2S. The van der Waals surface area contributed by atoms with Gasteiger partial charge in [-0.15, -0.1) is 11.3 Å². The molecule has 2 aromatic heterocycles. The summed E-state index contributed by atoms with van der Waals surface area (Å²) in [7, 11) is 0. The quantitative estimate of drug-likeness (QED) is 0.674. The standard InChI is InChI=1S/C19H16N4O2S/c1-13(24)21-16-7-5-14(6-8-16)17-12-26-19(22-17)23-18(25)10-9-15-4-2-3-11-20-15/h2-12H,1H3,(H,21,24)(H,22,23,25)/b10-9-. The summed E-state index contributed by atoms with van der Waals surface area (Å²) in [6, 6.07) is 12.8. The Morgan fingerprint density at radius 3 is 2.58 bits per heavy atom. The van der Waals surface area contributed by atoms with Gasteiger partial charge in [0, 0.05) is 35.8 Å². The molecular weight excluding hydrogens is 348 g/mol. The van der Waals surface area contributed by atoms with Crippen molar-refractivity contribution in [1.82, 2.24) is 9.97 Å². The van der Waals surface area contributed by atoms with Gasteiger partial charge in [0.1, 0.15) is 0 Å². The van der Waals surface area contributed by atoms with Gasteiger partial charge in [0.25, 0.3) is 0 Å². The van der Waals surface area contributed by atoms with Gasteiger partial charge < -0.3 is 5.32 Å². The maximum Gasteiger partial charge on any atom is 0.250 e. The van der Waals surface area contributed by atoms with Crippen LogP contribution in [-0.2, 0) is 9.59 Å². The smallest absolute Gasteiger partial charge is 0.250 e. The zero-order valence-electron chi connectivity index (χ0n) is 14.0. The van der Waals surface area contributed by atoms with Gasteiger partial charge >= 0.3 is 0 Å². The summed E-state index contributed by atoms with van der Waals surface area (Å²) in [4.78, 5) is 31.6. The van der Waals surface area contributed by atoms with Crippen LogP contribution < -0.4 is 10.6 Å². The van der Waals surface area contributed by atoms with E-state index in [1.54, 1.807) is 12.3 Å². The Morgan fingerprint density at radius 1 is 1.08 bits per heavy atom. The second kappa shape index (κ2) is 8.17. The third-order valence-electron chi connectivity index (χ3n) is 3.33. The van der Waals surface area contributed by atoms with Crippen molar-refractivity contribution in [3.8, 4) is 11.3 Å². The average Bonchev–Trinajstić information content (AvgIpc) is 3.09. The lowest BCUT2D eigenvalue weighted by molar-refractivity contribution is -0.114. The van der Waals surface area contributed by atoms with Crippen molar-refractivity contribution < 1.29 is 9.59 Å². The zero-order chi connectivity index (χ0) is 18.4. The van der Waals surface area contributed by atoms with Crippen LogP contribution in [0.2, 0.25) is 0 Å². The Kier molecular flexibility index (Phi) is 5.50. The van der Waals surface area contributed by atoms with Crippen molar-refractivity contribution in [1.29, 1.82) is 0 Å². The number of rotatable bonds is 5. The van der Waals surface area contributed by atoms with Gasteiger partial charge in [0.2, 0.25) is 11.8 Å². The third kappa shape index (κ3) is 4.84. The van der Waals surface area contributed by atoms with Crippen LogP contribution >= 0.6 is 11.3 Å². The van der Waals surface area contributed by atoms with Crippen LogP contribution in [0.5, 0.6) is 0 Å². The minimum atomic E-state index is -0.266. The van der Waals surface area contributed by atoms with Crippen molar-refractivity contribution in [2.75, 3.05) is 10.6 Å². The SMILES string of the molecule is CC(=O)Nc1ccc(-c2csc(NC(=O)/C=C\c3ccccn3)n2)cc1. The number of thiazole rings is 1. The molecule has 0 radical (unpaired) electrons. The molecule has 0 bridgehead atoms. The number of nitrogens with zero attached hydrogens (tertiary/aromatic N) is 2. The lowest BCUT2D eigenvalue weighted by atomic mass is 10.1. The Bertz CT molecular complexity index is 934. The maximum absolute atomic E-state index is 12.0. The van der Waals surface area contributed by atoms with E-state index in [9.17, 15) is 9.59 Å². The summed E-state index contributed by atoms with van der Waals surface area (Å²) in [6.45, 7) is 1.46. The molecule has 0 aliphatic rings. The normalized spacial score (nSPS) is 10.7. The van der Waals surface area contributed by atoms with E-state index in [1.807, 2.05) is 47.8 Å². The summed E-state index contributed by atoms with van der Waals surface area (Å²) < 4.78 is 0. The molecule has 3 aromatic rings. The first kappa shape index (κ1) is 17.5. The number of hydrogen-bond acceptors (Lipinski definition) is 5. The molecule has 0 saturated heterocycles. The molecule has 1 aromatic carbocycles. The minimum absolute atomic E-state index is 0.116. The van der Waals surface area contributed by atoms with E-state index in [1.165, 1.54) is 24.3 Å². The van der Waals surface area contributed by atoms with Gasteiger partial charge in [-0.3, -0.25) is 19.9 Å². The van der Waals surface area contributed by atoms with Gasteiger partial charge in [-0.2, -0.15) is 0 Å². The van der Waals surface area contributed by atoms with Crippen LogP contribution in [0.4, 0.5) is 10.8 Å². The Labute approximate surface area is 154 Å². The number of anilines is 2. The van der Waals surface area contributed by atoms with Crippen LogP contribution in [0.1, 0.15) is 12.6 Å². The molecule has 0 aliphatic heterocycles. The molecule has 3 rings (SSSR count). The number of benzene rings is 1. The summed E-state index contributed by atoms with van der Waals surface area (Å²) in [6.07, 6.45) is 4.73. The molecule has 0 saturated carbocycles. The first-order valence-corrected chi connectivity index (χ1v) is 8.72. The first-order valence-electron chi connectivity index (χ1n) is 7.84. The van der Waals surface area contributed by atoms with Crippen molar-refractivity contribution in [2.24, 2.45) is 0 Å². The molecule has 2 N–H and O–H groups in total. The van der Waals surface area contributed by atoms with E-state index in [2.05, 4.69) is 20.6 Å². The summed E-state index contributed by atoms with van der Waals surface area (Å²) in [5.74, 6) is -0.382. The monoisotopic (exact) mass is 364 g/mol. The lowest BCUT2D eigenvalue weighted by Gasteiger charge is -2.02. The van der Waals surface area contributed by atoms with E-state index in [0.717, 1.165) is 16.9 Å². The summed E-state index contributed by atoms with van der Waals surface area (Å²) >= 11 is 1.35. The summed E-state index contributed by atoms with van der Waals surface area (Å²) in [5.41, 5.74) is 3.10. The van der Waals surface area contributed by atoms with Crippen LogP contribution in [0, 0.1) is 0 Å².